The Morgan fingerprint density at radius 1 is 1.26 bits per heavy atom. The third-order valence-electron chi connectivity index (χ3n) is 3.57. The first-order chi connectivity index (χ1) is 9.34. The van der Waals surface area contributed by atoms with E-state index >= 15 is 0 Å². The molecule has 0 saturated carbocycles. The number of thioether (sulfide) groups is 1. The normalized spacial score (nSPS) is 16.6. The van der Waals surface area contributed by atoms with E-state index in [2.05, 4.69) is 38.7 Å². The number of H-pyrrole nitrogens is 1. The van der Waals surface area contributed by atoms with Gasteiger partial charge in [-0.05, 0) is 54.6 Å². The van der Waals surface area contributed by atoms with Crippen molar-refractivity contribution in [3.05, 3.63) is 40.9 Å². The molecule has 100 valence electrons. The summed E-state index contributed by atoms with van der Waals surface area (Å²) in [6, 6.07) is 10.2. The summed E-state index contributed by atoms with van der Waals surface area (Å²) in [6.07, 6.45) is 3.60. The second-order valence-electron chi connectivity index (χ2n) is 4.88. The molecular formula is C14H17N3S2. The second-order valence-corrected chi connectivity index (χ2v) is 6.49. The van der Waals surface area contributed by atoms with Crippen LogP contribution in [-0.4, -0.2) is 26.3 Å². The molecule has 0 spiro atoms. The first-order valence-electron chi connectivity index (χ1n) is 6.64. The minimum Gasteiger partial charge on any atom is -0.272 e. The van der Waals surface area contributed by atoms with Crippen molar-refractivity contribution in [1.82, 2.24) is 14.8 Å². The fourth-order valence-corrected chi connectivity index (χ4v) is 3.98. The van der Waals surface area contributed by atoms with E-state index in [9.17, 15) is 0 Å². The molecule has 0 atom stereocenters. The van der Waals surface area contributed by atoms with Gasteiger partial charge in [0.25, 0.3) is 0 Å². The molecule has 0 bridgehead atoms. The van der Waals surface area contributed by atoms with Gasteiger partial charge < -0.3 is 0 Å². The lowest BCUT2D eigenvalue weighted by atomic mass is 9.98. The summed E-state index contributed by atoms with van der Waals surface area (Å²) in [6.45, 7) is 0. The van der Waals surface area contributed by atoms with Gasteiger partial charge in [0.2, 0.25) is 0 Å². The Morgan fingerprint density at radius 2 is 2.00 bits per heavy atom. The van der Waals surface area contributed by atoms with Crippen LogP contribution in [0.25, 0.3) is 5.69 Å². The maximum absolute atomic E-state index is 5.36. The highest BCUT2D eigenvalue weighted by molar-refractivity contribution is 7.99. The Kier molecular flexibility index (Phi) is 4.03. The number of para-hydroxylation sites is 1. The van der Waals surface area contributed by atoms with Gasteiger partial charge in [-0.3, -0.25) is 9.67 Å². The molecule has 0 aliphatic carbocycles. The van der Waals surface area contributed by atoms with Gasteiger partial charge in [0.1, 0.15) is 5.82 Å². The Labute approximate surface area is 122 Å². The van der Waals surface area contributed by atoms with E-state index in [4.69, 9.17) is 12.2 Å². The first-order valence-corrected chi connectivity index (χ1v) is 8.20. The Hall–Kier alpha value is -1.07. The molecule has 1 aliphatic heterocycles. The highest BCUT2D eigenvalue weighted by Crippen LogP contribution is 2.26. The molecule has 0 radical (unpaired) electrons. The number of aromatic amines is 1. The maximum atomic E-state index is 5.36. The molecule has 3 rings (SSSR count). The molecule has 5 heteroatoms. The first kappa shape index (κ1) is 12.9. The van der Waals surface area contributed by atoms with Gasteiger partial charge in [-0.1, -0.05) is 18.2 Å². The lowest BCUT2D eigenvalue weighted by Crippen LogP contribution is -2.15. The van der Waals surface area contributed by atoms with Gasteiger partial charge >= 0.3 is 0 Å². The van der Waals surface area contributed by atoms with Gasteiger partial charge in [0.15, 0.2) is 4.77 Å². The van der Waals surface area contributed by atoms with Crippen LogP contribution < -0.4 is 0 Å². The van der Waals surface area contributed by atoms with Crippen LogP contribution >= 0.6 is 24.0 Å². The summed E-state index contributed by atoms with van der Waals surface area (Å²) >= 11 is 7.42. The molecule has 1 aliphatic rings. The lowest BCUT2D eigenvalue weighted by Gasteiger charge is -2.20. The fraction of sp³-hybridized carbons (Fsp3) is 0.429. The van der Waals surface area contributed by atoms with Crippen molar-refractivity contribution in [2.45, 2.75) is 19.3 Å². The molecule has 1 N–H and O–H groups in total. The summed E-state index contributed by atoms with van der Waals surface area (Å²) in [4.78, 5) is 0. The molecule has 2 heterocycles. The quantitative estimate of drug-likeness (QED) is 0.877. The zero-order valence-electron chi connectivity index (χ0n) is 10.7. The third-order valence-corrected chi connectivity index (χ3v) is 4.89. The summed E-state index contributed by atoms with van der Waals surface area (Å²) in [5.74, 6) is 4.37. The van der Waals surface area contributed by atoms with Gasteiger partial charge in [-0.15, -0.1) is 0 Å². The fourth-order valence-electron chi connectivity index (χ4n) is 2.52. The van der Waals surface area contributed by atoms with Crippen LogP contribution in [0.15, 0.2) is 30.3 Å². The van der Waals surface area contributed by atoms with Crippen molar-refractivity contribution in [3.8, 4) is 5.69 Å². The molecule has 3 nitrogen and oxygen atoms in total. The Bertz CT molecular complexity index is 582. The Morgan fingerprint density at radius 3 is 2.74 bits per heavy atom. The van der Waals surface area contributed by atoms with E-state index in [0.29, 0.717) is 4.77 Å². The minimum atomic E-state index is 0.686. The van der Waals surface area contributed by atoms with Gasteiger partial charge in [-0.25, -0.2) is 0 Å². The molecular weight excluding hydrogens is 274 g/mol. The molecule has 1 aromatic heterocycles. The Balaban J connectivity index is 1.88. The van der Waals surface area contributed by atoms with Crippen molar-refractivity contribution in [3.63, 3.8) is 0 Å². The largest absolute Gasteiger partial charge is 0.272 e. The predicted octanol–water partition coefficient (Wildman–Crippen LogP) is 3.62. The van der Waals surface area contributed by atoms with E-state index in [1.165, 1.54) is 24.3 Å². The summed E-state index contributed by atoms with van der Waals surface area (Å²) in [5.41, 5.74) is 1.10. The number of nitrogens with one attached hydrogen (secondary N) is 1. The zero-order chi connectivity index (χ0) is 13.1. The molecule has 0 amide bonds. The molecule has 1 fully saturated rings. The van der Waals surface area contributed by atoms with Gasteiger partial charge in [0.05, 0.1) is 0 Å². The van der Waals surface area contributed by atoms with E-state index in [1.54, 1.807) is 0 Å². The van der Waals surface area contributed by atoms with E-state index in [-0.39, 0.29) is 0 Å². The lowest BCUT2D eigenvalue weighted by molar-refractivity contribution is 0.472. The monoisotopic (exact) mass is 291 g/mol. The predicted molar refractivity (Wildman–Crippen MR) is 82.5 cm³/mol. The molecule has 2 aromatic rings. The van der Waals surface area contributed by atoms with Crippen LogP contribution in [0.4, 0.5) is 0 Å². The number of aromatic nitrogens is 3. The second kappa shape index (κ2) is 5.92. The van der Waals surface area contributed by atoms with Crippen molar-refractivity contribution >= 4 is 24.0 Å². The smallest absolute Gasteiger partial charge is 0.199 e. The number of benzene rings is 1. The van der Waals surface area contributed by atoms with Crippen LogP contribution in [-0.2, 0) is 6.42 Å². The van der Waals surface area contributed by atoms with Crippen molar-refractivity contribution < 1.29 is 0 Å². The van der Waals surface area contributed by atoms with Crippen LogP contribution in [0.2, 0.25) is 0 Å². The number of hydrogen-bond acceptors (Lipinski definition) is 3. The maximum Gasteiger partial charge on any atom is 0.199 e. The van der Waals surface area contributed by atoms with Gasteiger partial charge in [0, 0.05) is 12.1 Å². The highest BCUT2D eigenvalue weighted by atomic mass is 32.2. The third kappa shape index (κ3) is 2.92. The average molecular weight is 291 g/mol. The van der Waals surface area contributed by atoms with Gasteiger partial charge in [-0.2, -0.15) is 16.9 Å². The number of hydrogen-bond donors (Lipinski definition) is 1. The SMILES string of the molecule is S=c1[nH]nc(CC2CCSCC2)n1-c1ccccc1. The van der Waals surface area contributed by atoms with Crippen LogP contribution in [0.5, 0.6) is 0 Å². The van der Waals surface area contributed by atoms with Crippen LogP contribution in [0, 0.1) is 10.7 Å². The van der Waals surface area contributed by atoms with Crippen molar-refractivity contribution in [1.29, 1.82) is 0 Å². The topological polar surface area (TPSA) is 33.6 Å². The summed E-state index contributed by atoms with van der Waals surface area (Å²) in [5, 5.41) is 7.36. The van der Waals surface area contributed by atoms with E-state index < -0.39 is 0 Å². The highest BCUT2D eigenvalue weighted by Gasteiger charge is 2.18. The van der Waals surface area contributed by atoms with E-state index in [1.807, 2.05) is 18.2 Å². The minimum absolute atomic E-state index is 0.686. The number of rotatable bonds is 3. The molecule has 1 aromatic carbocycles. The standard InChI is InChI=1S/C14H17N3S2/c18-14-16-15-13(10-11-6-8-19-9-7-11)17(14)12-4-2-1-3-5-12/h1-5,11H,6-10H2,(H,16,18). The average Bonchev–Trinajstić information content (AvgIpc) is 2.82. The molecule has 1 saturated heterocycles. The molecule has 0 unspecified atom stereocenters. The van der Waals surface area contributed by atoms with Crippen LogP contribution in [0.1, 0.15) is 18.7 Å². The summed E-state index contributed by atoms with van der Waals surface area (Å²) in [7, 11) is 0. The zero-order valence-corrected chi connectivity index (χ0v) is 12.3. The van der Waals surface area contributed by atoms with Crippen molar-refractivity contribution in [2.75, 3.05) is 11.5 Å². The summed E-state index contributed by atoms with van der Waals surface area (Å²) < 4.78 is 2.75. The molecule has 19 heavy (non-hydrogen) atoms. The number of nitrogens with zero attached hydrogens (tertiary/aromatic N) is 2. The van der Waals surface area contributed by atoms with E-state index in [0.717, 1.165) is 23.9 Å². The van der Waals surface area contributed by atoms with Crippen LogP contribution in [0.3, 0.4) is 0 Å². The van der Waals surface area contributed by atoms with Crippen molar-refractivity contribution in [2.24, 2.45) is 5.92 Å².